The van der Waals surface area contributed by atoms with Gasteiger partial charge in [0.1, 0.15) is 28.5 Å². The summed E-state index contributed by atoms with van der Waals surface area (Å²) < 4.78 is 47.1. The summed E-state index contributed by atoms with van der Waals surface area (Å²) in [5, 5.41) is 14.4. The molecule has 2 aromatic carbocycles. The molecule has 2 unspecified atom stereocenters. The Balaban J connectivity index is 1.56. The number of nitrogens with zero attached hydrogens (tertiary/aromatic N) is 2. The molecule has 220 valence electrons. The Hall–Kier alpha value is -3.70. The second kappa shape index (κ2) is 11.5. The van der Waals surface area contributed by atoms with Gasteiger partial charge in [-0.1, -0.05) is 0 Å². The summed E-state index contributed by atoms with van der Waals surface area (Å²) in [6.07, 6.45) is 1.17. The van der Waals surface area contributed by atoms with Gasteiger partial charge in [0.05, 0.1) is 37.8 Å². The second-order valence-corrected chi connectivity index (χ2v) is 11.0. The SMILES string of the molecule is COc1cc(C(=O)NCC2(c3cc(C(C)(C)O)c(F)c(-c4ccc(F)cc4)n3)OCC(CCl)O2)cc2cc(C)cnc12. The third-order valence-electron chi connectivity index (χ3n) is 7.00. The standard InChI is InChI=1S/C31H30ClF2N3O5/c1-17-9-19-10-20(11-24(40-4)27(19)35-14-17)29(38)36-16-31(41-15-22(13-32)42-31)25-12-23(30(2,3)39)26(34)28(37-25)18-5-7-21(33)8-6-18/h5-12,14,22,39H,13,15-16H2,1-4H3,(H,36,38). The quantitative estimate of drug-likeness (QED) is 0.264. The van der Waals surface area contributed by atoms with Crippen LogP contribution < -0.4 is 10.1 Å². The fourth-order valence-corrected chi connectivity index (χ4v) is 4.99. The van der Waals surface area contributed by atoms with Gasteiger partial charge in [0.15, 0.2) is 5.82 Å². The molecule has 0 aliphatic carbocycles. The zero-order chi connectivity index (χ0) is 30.2. The lowest BCUT2D eigenvalue weighted by atomic mass is 9.93. The number of pyridine rings is 2. The number of aryl methyl sites for hydroxylation is 1. The van der Waals surface area contributed by atoms with Crippen molar-refractivity contribution in [3.8, 4) is 17.0 Å². The first-order chi connectivity index (χ1) is 19.9. The van der Waals surface area contributed by atoms with E-state index >= 15 is 4.39 Å². The molecular weight excluding hydrogens is 568 g/mol. The minimum absolute atomic E-state index is 0.0803. The highest BCUT2D eigenvalue weighted by atomic mass is 35.5. The van der Waals surface area contributed by atoms with Crippen LogP contribution >= 0.6 is 11.6 Å². The van der Waals surface area contributed by atoms with E-state index in [1.807, 2.05) is 13.0 Å². The van der Waals surface area contributed by atoms with E-state index < -0.39 is 35.0 Å². The van der Waals surface area contributed by atoms with Gasteiger partial charge in [-0.15, -0.1) is 11.6 Å². The molecule has 2 aromatic heterocycles. The fourth-order valence-electron chi connectivity index (χ4n) is 4.84. The molecule has 0 radical (unpaired) electrons. The number of carbonyl (C=O) groups is 1. The fraction of sp³-hybridized carbons (Fsp3) is 0.323. The topological polar surface area (TPSA) is 103 Å². The number of methoxy groups -OCH3 is 1. The van der Waals surface area contributed by atoms with Crippen LogP contribution in [0.15, 0.2) is 54.7 Å². The van der Waals surface area contributed by atoms with Gasteiger partial charge >= 0.3 is 0 Å². The largest absolute Gasteiger partial charge is 0.494 e. The van der Waals surface area contributed by atoms with Gasteiger partial charge in [0.2, 0.25) is 5.79 Å². The lowest BCUT2D eigenvalue weighted by Crippen LogP contribution is -2.43. The Labute approximate surface area is 246 Å². The molecule has 1 saturated heterocycles. The Morgan fingerprint density at radius 3 is 2.60 bits per heavy atom. The molecule has 2 N–H and O–H groups in total. The number of alkyl halides is 1. The first-order valence-electron chi connectivity index (χ1n) is 13.2. The van der Waals surface area contributed by atoms with Crippen molar-refractivity contribution in [1.82, 2.24) is 15.3 Å². The van der Waals surface area contributed by atoms with Gasteiger partial charge in [-0.3, -0.25) is 9.78 Å². The number of carbonyl (C=O) groups excluding carboxylic acids is 1. The molecule has 5 rings (SSSR count). The Bertz CT molecular complexity index is 1640. The smallest absolute Gasteiger partial charge is 0.251 e. The number of rotatable bonds is 8. The number of benzene rings is 2. The van der Waals surface area contributed by atoms with E-state index in [9.17, 15) is 14.3 Å². The molecule has 42 heavy (non-hydrogen) atoms. The van der Waals surface area contributed by atoms with Crippen LogP contribution in [0.4, 0.5) is 8.78 Å². The maximum atomic E-state index is 15.7. The van der Waals surface area contributed by atoms with Crippen LogP contribution in [0.2, 0.25) is 0 Å². The van der Waals surface area contributed by atoms with E-state index in [2.05, 4.69) is 15.3 Å². The van der Waals surface area contributed by atoms with Gasteiger partial charge in [-0.2, -0.15) is 0 Å². The van der Waals surface area contributed by atoms with E-state index in [-0.39, 0.29) is 41.5 Å². The highest BCUT2D eigenvalue weighted by Crippen LogP contribution is 2.38. The Morgan fingerprint density at radius 1 is 1.21 bits per heavy atom. The number of fused-ring (bicyclic) bond motifs is 1. The normalized spacial score (nSPS) is 18.8. The third-order valence-corrected chi connectivity index (χ3v) is 7.35. The summed E-state index contributed by atoms with van der Waals surface area (Å²) in [5.41, 5.74) is 0.377. The van der Waals surface area contributed by atoms with Crippen LogP contribution in [0.1, 0.15) is 41.0 Å². The van der Waals surface area contributed by atoms with E-state index in [1.165, 1.54) is 51.3 Å². The van der Waals surface area contributed by atoms with Crippen molar-refractivity contribution in [2.75, 3.05) is 26.1 Å². The monoisotopic (exact) mass is 597 g/mol. The van der Waals surface area contributed by atoms with Crippen LogP contribution in [-0.2, 0) is 20.9 Å². The molecular formula is C31H30ClF2N3O5. The van der Waals surface area contributed by atoms with Crippen molar-refractivity contribution < 1.29 is 32.9 Å². The Kier molecular flexibility index (Phi) is 8.17. The van der Waals surface area contributed by atoms with Crippen LogP contribution in [0, 0.1) is 18.6 Å². The number of hydrogen-bond acceptors (Lipinski definition) is 7. The zero-order valence-electron chi connectivity index (χ0n) is 23.5. The predicted molar refractivity (Wildman–Crippen MR) is 153 cm³/mol. The molecule has 8 nitrogen and oxygen atoms in total. The summed E-state index contributed by atoms with van der Waals surface area (Å²) in [6, 6.07) is 11.7. The predicted octanol–water partition coefficient (Wildman–Crippen LogP) is 5.36. The van der Waals surface area contributed by atoms with Crippen molar-refractivity contribution in [3.63, 3.8) is 0 Å². The van der Waals surface area contributed by atoms with Crippen molar-refractivity contribution in [2.45, 2.75) is 38.3 Å². The van der Waals surface area contributed by atoms with Gasteiger partial charge in [-0.25, -0.2) is 13.8 Å². The first-order valence-corrected chi connectivity index (χ1v) is 13.8. The van der Waals surface area contributed by atoms with Crippen molar-refractivity contribution in [1.29, 1.82) is 0 Å². The average Bonchev–Trinajstić information content (AvgIpc) is 3.40. The molecule has 3 heterocycles. The summed E-state index contributed by atoms with van der Waals surface area (Å²) in [7, 11) is 1.50. The van der Waals surface area contributed by atoms with Gasteiger partial charge < -0.3 is 24.6 Å². The van der Waals surface area contributed by atoms with Gasteiger partial charge in [0.25, 0.3) is 5.91 Å². The minimum Gasteiger partial charge on any atom is -0.494 e. The summed E-state index contributed by atoms with van der Waals surface area (Å²) in [6.45, 7) is 4.62. The maximum Gasteiger partial charge on any atom is 0.251 e. The van der Waals surface area contributed by atoms with Crippen LogP contribution in [-0.4, -0.2) is 53.2 Å². The van der Waals surface area contributed by atoms with E-state index in [1.54, 1.807) is 18.3 Å². The van der Waals surface area contributed by atoms with Gasteiger partial charge in [-0.05, 0) is 74.9 Å². The molecule has 0 spiro atoms. The molecule has 1 amide bonds. The summed E-state index contributed by atoms with van der Waals surface area (Å²) >= 11 is 6.09. The number of hydrogen-bond donors (Lipinski definition) is 2. The highest BCUT2D eigenvalue weighted by Gasteiger charge is 2.46. The van der Waals surface area contributed by atoms with E-state index in [4.69, 9.17) is 25.8 Å². The maximum absolute atomic E-state index is 15.7. The van der Waals surface area contributed by atoms with E-state index in [0.717, 1.165) is 10.9 Å². The average molecular weight is 598 g/mol. The Morgan fingerprint density at radius 2 is 1.95 bits per heavy atom. The number of aromatic nitrogens is 2. The molecule has 11 heteroatoms. The third kappa shape index (κ3) is 5.80. The molecule has 1 aliphatic rings. The molecule has 0 saturated carbocycles. The molecule has 2 atom stereocenters. The lowest BCUT2D eigenvalue weighted by Gasteiger charge is -2.30. The molecule has 4 aromatic rings. The molecule has 0 bridgehead atoms. The number of aliphatic hydroxyl groups is 1. The van der Waals surface area contributed by atoms with E-state index in [0.29, 0.717) is 16.8 Å². The first kappa shape index (κ1) is 29.8. The lowest BCUT2D eigenvalue weighted by molar-refractivity contribution is -0.172. The summed E-state index contributed by atoms with van der Waals surface area (Å²) in [4.78, 5) is 22.4. The van der Waals surface area contributed by atoms with Crippen molar-refractivity contribution in [2.24, 2.45) is 0 Å². The van der Waals surface area contributed by atoms with Crippen molar-refractivity contribution >= 4 is 28.4 Å². The zero-order valence-corrected chi connectivity index (χ0v) is 24.3. The van der Waals surface area contributed by atoms with Crippen LogP contribution in [0.5, 0.6) is 5.75 Å². The molecule has 1 aliphatic heterocycles. The van der Waals surface area contributed by atoms with Crippen LogP contribution in [0.25, 0.3) is 22.2 Å². The second-order valence-electron chi connectivity index (χ2n) is 10.7. The molecule has 1 fully saturated rings. The number of nitrogens with one attached hydrogen (secondary N) is 1. The number of halogens is 3. The highest BCUT2D eigenvalue weighted by molar-refractivity contribution is 6.18. The number of amides is 1. The van der Waals surface area contributed by atoms with Crippen LogP contribution in [0.3, 0.4) is 0 Å². The number of ether oxygens (including phenoxy) is 3. The van der Waals surface area contributed by atoms with Gasteiger partial charge in [0, 0.05) is 28.3 Å². The van der Waals surface area contributed by atoms with Crippen molar-refractivity contribution in [3.05, 3.63) is 88.7 Å². The minimum atomic E-state index is -1.67. The summed E-state index contributed by atoms with van der Waals surface area (Å²) in [5.74, 6) is -2.88.